The SMILES string of the molecule is Cc1cc(C)cc(C(=O)NCCCN2CCN(c3ccc(F)cc3)CC2)c1. The molecule has 0 bridgehead atoms. The Hall–Kier alpha value is -2.40. The Balaban J connectivity index is 1.37. The van der Waals surface area contributed by atoms with Gasteiger partial charge in [0.25, 0.3) is 5.91 Å². The van der Waals surface area contributed by atoms with Crippen molar-refractivity contribution in [2.45, 2.75) is 20.3 Å². The third-order valence-electron chi connectivity index (χ3n) is 4.98. The second-order valence-electron chi connectivity index (χ2n) is 7.29. The van der Waals surface area contributed by atoms with Crippen LogP contribution in [0.1, 0.15) is 27.9 Å². The van der Waals surface area contributed by atoms with Gasteiger partial charge in [0.05, 0.1) is 0 Å². The summed E-state index contributed by atoms with van der Waals surface area (Å²) in [7, 11) is 0. The molecule has 1 heterocycles. The fourth-order valence-corrected chi connectivity index (χ4v) is 3.59. The number of rotatable bonds is 6. The van der Waals surface area contributed by atoms with E-state index in [1.54, 1.807) is 0 Å². The number of carbonyl (C=O) groups excluding carboxylic acids is 1. The molecule has 0 saturated carbocycles. The zero-order chi connectivity index (χ0) is 19.2. The Morgan fingerprint density at radius 3 is 2.26 bits per heavy atom. The van der Waals surface area contributed by atoms with Gasteiger partial charge in [-0.1, -0.05) is 17.2 Å². The fraction of sp³-hybridized carbons (Fsp3) is 0.409. The summed E-state index contributed by atoms with van der Waals surface area (Å²) < 4.78 is 13.0. The fourth-order valence-electron chi connectivity index (χ4n) is 3.59. The number of anilines is 1. The summed E-state index contributed by atoms with van der Waals surface area (Å²) in [4.78, 5) is 17.0. The molecule has 2 aromatic carbocycles. The molecule has 0 atom stereocenters. The van der Waals surface area contributed by atoms with E-state index in [-0.39, 0.29) is 11.7 Å². The predicted octanol–water partition coefficient (Wildman–Crippen LogP) is 3.38. The third-order valence-corrected chi connectivity index (χ3v) is 4.98. The van der Waals surface area contributed by atoms with Crippen LogP contribution in [0, 0.1) is 19.7 Å². The van der Waals surface area contributed by atoms with Gasteiger partial charge in [-0.2, -0.15) is 0 Å². The molecule has 0 radical (unpaired) electrons. The quantitative estimate of drug-likeness (QED) is 0.793. The predicted molar refractivity (Wildman–Crippen MR) is 108 cm³/mol. The molecule has 1 aliphatic heterocycles. The van der Waals surface area contributed by atoms with Gasteiger partial charge in [0.15, 0.2) is 0 Å². The highest BCUT2D eigenvalue weighted by Gasteiger charge is 2.17. The van der Waals surface area contributed by atoms with Crippen molar-refractivity contribution in [3.05, 3.63) is 65.0 Å². The Morgan fingerprint density at radius 1 is 1.00 bits per heavy atom. The van der Waals surface area contributed by atoms with Gasteiger partial charge in [0.2, 0.25) is 0 Å². The number of hydrogen-bond donors (Lipinski definition) is 1. The molecule has 144 valence electrons. The number of nitrogens with zero attached hydrogens (tertiary/aromatic N) is 2. The lowest BCUT2D eigenvalue weighted by atomic mass is 10.1. The van der Waals surface area contributed by atoms with Crippen LogP contribution in [0.15, 0.2) is 42.5 Å². The van der Waals surface area contributed by atoms with Crippen LogP contribution in [0.3, 0.4) is 0 Å². The highest BCUT2D eigenvalue weighted by molar-refractivity contribution is 5.94. The van der Waals surface area contributed by atoms with Crippen LogP contribution >= 0.6 is 0 Å². The second kappa shape index (κ2) is 9.00. The van der Waals surface area contributed by atoms with E-state index in [1.165, 1.54) is 12.1 Å². The summed E-state index contributed by atoms with van der Waals surface area (Å²) in [6.07, 6.45) is 0.938. The molecule has 4 nitrogen and oxygen atoms in total. The van der Waals surface area contributed by atoms with Crippen LogP contribution in [-0.4, -0.2) is 50.1 Å². The zero-order valence-corrected chi connectivity index (χ0v) is 16.2. The molecule has 1 aliphatic rings. The smallest absolute Gasteiger partial charge is 0.251 e. The summed E-state index contributed by atoms with van der Waals surface area (Å²) in [6.45, 7) is 9.55. The molecule has 2 aromatic rings. The molecule has 3 rings (SSSR count). The highest BCUT2D eigenvalue weighted by atomic mass is 19.1. The van der Waals surface area contributed by atoms with E-state index >= 15 is 0 Å². The molecule has 1 saturated heterocycles. The van der Waals surface area contributed by atoms with Crippen LogP contribution < -0.4 is 10.2 Å². The van der Waals surface area contributed by atoms with E-state index in [0.717, 1.165) is 61.5 Å². The first-order valence-electron chi connectivity index (χ1n) is 9.60. The van der Waals surface area contributed by atoms with Gasteiger partial charge in [-0.25, -0.2) is 4.39 Å². The zero-order valence-electron chi connectivity index (χ0n) is 16.2. The maximum Gasteiger partial charge on any atom is 0.251 e. The van der Waals surface area contributed by atoms with Crippen LogP contribution in [-0.2, 0) is 0 Å². The van der Waals surface area contributed by atoms with Crippen molar-refractivity contribution in [3.8, 4) is 0 Å². The number of amides is 1. The van der Waals surface area contributed by atoms with Gasteiger partial charge in [-0.3, -0.25) is 9.69 Å². The third kappa shape index (κ3) is 5.54. The minimum atomic E-state index is -0.194. The largest absolute Gasteiger partial charge is 0.369 e. The van der Waals surface area contributed by atoms with Gasteiger partial charge in [-0.05, 0) is 63.2 Å². The Morgan fingerprint density at radius 2 is 1.63 bits per heavy atom. The summed E-state index contributed by atoms with van der Waals surface area (Å²) in [5.74, 6) is -0.191. The summed E-state index contributed by atoms with van der Waals surface area (Å²) in [5, 5.41) is 3.02. The van der Waals surface area contributed by atoms with Gasteiger partial charge >= 0.3 is 0 Å². The molecule has 0 aliphatic carbocycles. The van der Waals surface area contributed by atoms with Gasteiger partial charge < -0.3 is 10.2 Å². The molecule has 27 heavy (non-hydrogen) atoms. The number of benzene rings is 2. The number of halogens is 1. The minimum absolute atomic E-state index is 0.00271. The van der Waals surface area contributed by atoms with Crippen molar-refractivity contribution in [3.63, 3.8) is 0 Å². The summed E-state index contributed by atoms with van der Waals surface area (Å²) in [5.41, 5.74) is 4.04. The van der Waals surface area contributed by atoms with E-state index in [2.05, 4.69) is 21.2 Å². The van der Waals surface area contributed by atoms with Gasteiger partial charge in [0, 0.05) is 44.0 Å². The lowest BCUT2D eigenvalue weighted by molar-refractivity contribution is 0.0951. The van der Waals surface area contributed by atoms with E-state index in [0.29, 0.717) is 6.54 Å². The maximum absolute atomic E-state index is 13.0. The van der Waals surface area contributed by atoms with E-state index in [4.69, 9.17) is 0 Å². The molecule has 0 unspecified atom stereocenters. The lowest BCUT2D eigenvalue weighted by Crippen LogP contribution is -2.47. The standard InChI is InChI=1S/C22H28FN3O/c1-17-14-18(2)16-19(15-17)22(27)24-8-3-9-25-10-12-26(13-11-25)21-6-4-20(23)5-7-21/h4-7,14-16H,3,8-13H2,1-2H3,(H,24,27). The van der Waals surface area contributed by atoms with E-state index < -0.39 is 0 Å². The van der Waals surface area contributed by atoms with Crippen molar-refractivity contribution in [1.29, 1.82) is 0 Å². The monoisotopic (exact) mass is 369 g/mol. The van der Waals surface area contributed by atoms with Crippen LogP contribution in [0.25, 0.3) is 0 Å². The second-order valence-corrected chi connectivity index (χ2v) is 7.29. The summed E-state index contributed by atoms with van der Waals surface area (Å²) >= 11 is 0. The van der Waals surface area contributed by atoms with E-state index in [9.17, 15) is 9.18 Å². The van der Waals surface area contributed by atoms with Crippen molar-refractivity contribution in [2.24, 2.45) is 0 Å². The minimum Gasteiger partial charge on any atom is -0.369 e. The topological polar surface area (TPSA) is 35.6 Å². The molecular formula is C22H28FN3O. The van der Waals surface area contributed by atoms with Crippen molar-refractivity contribution >= 4 is 11.6 Å². The van der Waals surface area contributed by atoms with Crippen LogP contribution in [0.4, 0.5) is 10.1 Å². The number of hydrogen-bond acceptors (Lipinski definition) is 3. The number of piperazine rings is 1. The number of nitrogens with one attached hydrogen (secondary N) is 1. The average molecular weight is 369 g/mol. The van der Waals surface area contributed by atoms with Crippen LogP contribution in [0.2, 0.25) is 0 Å². The summed E-state index contributed by atoms with van der Waals surface area (Å²) in [6, 6.07) is 12.6. The molecular weight excluding hydrogens is 341 g/mol. The van der Waals surface area contributed by atoms with Crippen LogP contribution in [0.5, 0.6) is 0 Å². The molecule has 5 heteroatoms. The Labute approximate surface area is 161 Å². The lowest BCUT2D eigenvalue weighted by Gasteiger charge is -2.36. The first-order valence-corrected chi connectivity index (χ1v) is 9.60. The van der Waals surface area contributed by atoms with E-state index in [1.807, 2.05) is 38.1 Å². The highest BCUT2D eigenvalue weighted by Crippen LogP contribution is 2.17. The van der Waals surface area contributed by atoms with Crippen molar-refractivity contribution < 1.29 is 9.18 Å². The normalized spacial score (nSPS) is 15.0. The Kier molecular flexibility index (Phi) is 6.45. The number of carbonyl (C=O) groups is 1. The average Bonchev–Trinajstić information content (AvgIpc) is 2.65. The number of aryl methyl sites for hydroxylation is 2. The first kappa shape index (κ1) is 19.4. The van der Waals surface area contributed by atoms with Gasteiger partial charge in [0.1, 0.15) is 5.82 Å². The van der Waals surface area contributed by atoms with Gasteiger partial charge in [-0.15, -0.1) is 0 Å². The van der Waals surface area contributed by atoms with Crippen molar-refractivity contribution in [1.82, 2.24) is 10.2 Å². The Bertz CT molecular complexity index is 747. The maximum atomic E-state index is 13.0. The first-order chi connectivity index (χ1) is 13.0. The molecule has 1 fully saturated rings. The molecule has 0 spiro atoms. The molecule has 1 amide bonds. The molecule has 0 aromatic heterocycles. The molecule has 1 N–H and O–H groups in total. The van der Waals surface area contributed by atoms with Crippen molar-refractivity contribution in [2.75, 3.05) is 44.2 Å².